The van der Waals surface area contributed by atoms with E-state index in [-0.39, 0.29) is 11.7 Å². The number of carbonyl (C=O) groups excluding carboxylic acids is 1. The Morgan fingerprint density at radius 1 is 1.13 bits per heavy atom. The fourth-order valence-corrected chi connectivity index (χ4v) is 4.06. The van der Waals surface area contributed by atoms with Crippen molar-refractivity contribution in [2.24, 2.45) is 0 Å². The van der Waals surface area contributed by atoms with E-state index in [1.807, 2.05) is 22.4 Å². The molecule has 4 rings (SSSR count). The van der Waals surface area contributed by atoms with Gasteiger partial charge in [0.15, 0.2) is 0 Å². The average Bonchev–Trinajstić information content (AvgIpc) is 3.27. The van der Waals surface area contributed by atoms with Crippen LogP contribution in [0.1, 0.15) is 28.9 Å². The number of benzene rings is 1. The van der Waals surface area contributed by atoms with Gasteiger partial charge in [0, 0.05) is 25.0 Å². The highest BCUT2D eigenvalue weighted by atomic mass is 32.1. The largest absolute Gasteiger partial charge is 0.337 e. The van der Waals surface area contributed by atoms with E-state index in [1.54, 1.807) is 23.5 Å². The molecule has 23 heavy (non-hydrogen) atoms. The Hall–Kier alpha value is -2.14. The van der Waals surface area contributed by atoms with Crippen molar-refractivity contribution in [3.8, 4) is 0 Å². The minimum atomic E-state index is -0.240. The van der Waals surface area contributed by atoms with Gasteiger partial charge in [0.2, 0.25) is 0 Å². The van der Waals surface area contributed by atoms with Gasteiger partial charge in [-0.15, -0.1) is 11.3 Å². The summed E-state index contributed by atoms with van der Waals surface area (Å²) in [4.78, 5) is 15.9. The molecule has 0 spiro atoms. The summed E-state index contributed by atoms with van der Waals surface area (Å²) in [5, 5.41) is 3.13. The molecular weight excluding hydrogens is 311 g/mol. The van der Waals surface area contributed by atoms with Gasteiger partial charge in [0.1, 0.15) is 16.3 Å². The molecule has 1 fully saturated rings. The van der Waals surface area contributed by atoms with Crippen LogP contribution >= 0.6 is 11.3 Å². The zero-order chi connectivity index (χ0) is 15.8. The zero-order valence-corrected chi connectivity index (χ0v) is 13.5. The van der Waals surface area contributed by atoms with Crippen molar-refractivity contribution >= 4 is 27.5 Å². The molecular formula is C18H17FN2OS. The van der Waals surface area contributed by atoms with Crippen LogP contribution in [0, 0.1) is 5.82 Å². The van der Waals surface area contributed by atoms with Crippen LogP contribution in [0.2, 0.25) is 0 Å². The van der Waals surface area contributed by atoms with E-state index in [0.29, 0.717) is 6.54 Å². The van der Waals surface area contributed by atoms with Gasteiger partial charge in [-0.1, -0.05) is 12.1 Å². The van der Waals surface area contributed by atoms with Crippen LogP contribution in [-0.4, -0.2) is 28.5 Å². The fraction of sp³-hybridized carbons (Fsp3) is 0.278. The zero-order valence-electron chi connectivity index (χ0n) is 12.7. The minimum absolute atomic E-state index is 0.105. The van der Waals surface area contributed by atoms with Crippen LogP contribution in [0.5, 0.6) is 0 Å². The van der Waals surface area contributed by atoms with Crippen LogP contribution in [-0.2, 0) is 6.54 Å². The molecule has 1 aliphatic rings. The molecule has 0 radical (unpaired) electrons. The van der Waals surface area contributed by atoms with E-state index in [0.717, 1.165) is 47.4 Å². The quantitative estimate of drug-likeness (QED) is 0.710. The number of aromatic nitrogens is 1. The number of nitrogens with zero attached hydrogens (tertiary/aromatic N) is 2. The summed E-state index contributed by atoms with van der Waals surface area (Å²) in [5.41, 5.74) is 1.73. The summed E-state index contributed by atoms with van der Waals surface area (Å²) < 4.78 is 15.2. The second-order valence-corrected chi connectivity index (χ2v) is 6.82. The summed E-state index contributed by atoms with van der Waals surface area (Å²) in [6.07, 6.45) is 2.16. The van der Waals surface area contributed by atoms with Crippen molar-refractivity contribution in [2.75, 3.05) is 13.1 Å². The van der Waals surface area contributed by atoms with Gasteiger partial charge in [-0.05, 0) is 48.1 Å². The van der Waals surface area contributed by atoms with Crippen LogP contribution in [0.25, 0.3) is 10.2 Å². The molecule has 0 bridgehead atoms. The van der Waals surface area contributed by atoms with Crippen LogP contribution in [0.4, 0.5) is 4.39 Å². The molecule has 1 aromatic carbocycles. The monoisotopic (exact) mass is 328 g/mol. The first kappa shape index (κ1) is 14.5. The van der Waals surface area contributed by atoms with Gasteiger partial charge < -0.3 is 9.47 Å². The molecule has 5 heteroatoms. The predicted molar refractivity (Wildman–Crippen MR) is 90.5 cm³/mol. The molecule has 3 heterocycles. The summed E-state index contributed by atoms with van der Waals surface area (Å²) in [6.45, 7) is 2.27. The molecule has 1 aliphatic heterocycles. The number of fused-ring (bicyclic) bond motifs is 1. The lowest BCUT2D eigenvalue weighted by Gasteiger charge is -2.17. The predicted octanol–water partition coefficient (Wildman–Crippen LogP) is 4.13. The smallest absolute Gasteiger partial charge is 0.270 e. The molecule has 1 saturated heterocycles. The first-order valence-corrected chi connectivity index (χ1v) is 8.71. The third-order valence-corrected chi connectivity index (χ3v) is 5.32. The van der Waals surface area contributed by atoms with E-state index >= 15 is 0 Å². The Labute approximate surface area is 138 Å². The van der Waals surface area contributed by atoms with Gasteiger partial charge >= 0.3 is 0 Å². The Morgan fingerprint density at radius 2 is 1.87 bits per heavy atom. The summed E-state index contributed by atoms with van der Waals surface area (Å²) in [7, 11) is 0. The fourth-order valence-electron chi connectivity index (χ4n) is 3.16. The third-order valence-electron chi connectivity index (χ3n) is 4.37. The number of halogens is 1. The first-order chi connectivity index (χ1) is 11.2. The molecule has 0 saturated carbocycles. The highest BCUT2D eigenvalue weighted by molar-refractivity contribution is 7.16. The lowest BCUT2D eigenvalue weighted by atomic mass is 10.2. The highest BCUT2D eigenvalue weighted by Gasteiger charge is 2.24. The van der Waals surface area contributed by atoms with Crippen molar-refractivity contribution in [1.29, 1.82) is 0 Å². The maximum atomic E-state index is 13.1. The number of hydrogen-bond acceptors (Lipinski definition) is 2. The second kappa shape index (κ2) is 5.81. The lowest BCUT2D eigenvalue weighted by Crippen LogP contribution is -2.29. The molecule has 2 aromatic heterocycles. The highest BCUT2D eigenvalue weighted by Crippen LogP contribution is 2.28. The first-order valence-electron chi connectivity index (χ1n) is 7.83. The Balaban J connectivity index is 1.73. The number of hydrogen-bond donors (Lipinski definition) is 0. The number of carbonyl (C=O) groups is 1. The number of rotatable bonds is 3. The molecule has 1 amide bonds. The van der Waals surface area contributed by atoms with E-state index in [2.05, 4.69) is 4.57 Å². The topological polar surface area (TPSA) is 25.2 Å². The summed E-state index contributed by atoms with van der Waals surface area (Å²) in [5.74, 6) is -0.135. The maximum Gasteiger partial charge on any atom is 0.270 e. The van der Waals surface area contributed by atoms with E-state index in [1.165, 1.54) is 12.1 Å². The van der Waals surface area contributed by atoms with Crippen molar-refractivity contribution in [1.82, 2.24) is 9.47 Å². The van der Waals surface area contributed by atoms with Crippen molar-refractivity contribution < 1.29 is 9.18 Å². The standard InChI is InChI=1S/C18H17FN2OS/c19-15-5-3-13(4-6-15)12-21-16(11-14-7-10-23-18(14)21)17(22)20-8-1-2-9-20/h3-7,10-11H,1-2,8-9,12H2. The molecule has 3 nitrogen and oxygen atoms in total. The van der Waals surface area contributed by atoms with Gasteiger partial charge in [-0.3, -0.25) is 4.79 Å². The molecule has 0 aliphatic carbocycles. The van der Waals surface area contributed by atoms with E-state index in [9.17, 15) is 9.18 Å². The van der Waals surface area contributed by atoms with Crippen LogP contribution < -0.4 is 0 Å². The van der Waals surface area contributed by atoms with E-state index < -0.39 is 0 Å². The van der Waals surface area contributed by atoms with Gasteiger partial charge in [0.05, 0.1) is 0 Å². The number of thiophene rings is 1. The molecule has 0 atom stereocenters. The van der Waals surface area contributed by atoms with Gasteiger partial charge in [-0.25, -0.2) is 4.39 Å². The Morgan fingerprint density at radius 3 is 2.61 bits per heavy atom. The second-order valence-electron chi connectivity index (χ2n) is 5.92. The Bertz CT molecular complexity index is 844. The summed E-state index contributed by atoms with van der Waals surface area (Å²) >= 11 is 1.64. The van der Waals surface area contributed by atoms with E-state index in [4.69, 9.17) is 0 Å². The van der Waals surface area contributed by atoms with Gasteiger partial charge in [0.25, 0.3) is 5.91 Å². The van der Waals surface area contributed by atoms with Crippen molar-refractivity contribution in [3.63, 3.8) is 0 Å². The number of likely N-dealkylation sites (tertiary alicyclic amines) is 1. The molecule has 0 unspecified atom stereocenters. The molecule has 3 aromatic rings. The molecule has 0 N–H and O–H groups in total. The molecule has 118 valence electrons. The third kappa shape index (κ3) is 2.65. The van der Waals surface area contributed by atoms with Crippen molar-refractivity contribution in [3.05, 3.63) is 58.9 Å². The SMILES string of the molecule is O=C(c1cc2ccsc2n1Cc1ccc(F)cc1)N1CCCC1. The number of amides is 1. The maximum absolute atomic E-state index is 13.1. The van der Waals surface area contributed by atoms with Crippen LogP contribution in [0.3, 0.4) is 0 Å². The lowest BCUT2D eigenvalue weighted by molar-refractivity contribution is 0.0783. The van der Waals surface area contributed by atoms with Crippen molar-refractivity contribution in [2.45, 2.75) is 19.4 Å². The van der Waals surface area contributed by atoms with Gasteiger partial charge in [-0.2, -0.15) is 0 Å². The normalized spacial score (nSPS) is 14.7. The Kier molecular flexibility index (Phi) is 3.65. The van der Waals surface area contributed by atoms with Crippen LogP contribution in [0.15, 0.2) is 41.8 Å². The minimum Gasteiger partial charge on any atom is -0.337 e. The average molecular weight is 328 g/mol. The summed E-state index contributed by atoms with van der Waals surface area (Å²) in [6, 6.07) is 10.5.